The van der Waals surface area contributed by atoms with Crippen molar-refractivity contribution < 1.29 is 9.84 Å². The lowest BCUT2D eigenvalue weighted by Gasteiger charge is -2.38. The van der Waals surface area contributed by atoms with Crippen molar-refractivity contribution in [3.05, 3.63) is 24.0 Å². The molecule has 0 radical (unpaired) electrons. The molecule has 94 valence electrons. The Bertz CT molecular complexity index is 364. The molecule has 1 fully saturated rings. The number of hydrogen-bond acceptors (Lipinski definition) is 4. The monoisotopic (exact) mass is 236 g/mol. The normalized spacial score (nSPS) is 26.9. The van der Waals surface area contributed by atoms with E-state index in [1.54, 1.807) is 6.92 Å². The molecule has 1 aromatic heterocycles. The number of aromatic nitrogens is 1. The molecule has 0 amide bonds. The van der Waals surface area contributed by atoms with Crippen LogP contribution in [0.3, 0.4) is 0 Å². The Kier molecular flexibility index (Phi) is 3.64. The number of rotatable bonds is 2. The Morgan fingerprint density at radius 2 is 2.24 bits per heavy atom. The first-order valence-electron chi connectivity index (χ1n) is 6.10. The third-order valence-corrected chi connectivity index (χ3v) is 3.14. The summed E-state index contributed by atoms with van der Waals surface area (Å²) in [5.41, 5.74) is 1.81. The maximum absolute atomic E-state index is 9.42. The van der Waals surface area contributed by atoms with Crippen molar-refractivity contribution in [2.24, 2.45) is 0 Å². The molecular formula is C13H20N2O2. The van der Waals surface area contributed by atoms with Crippen LogP contribution < -0.4 is 4.90 Å². The number of aliphatic hydroxyl groups is 1. The quantitative estimate of drug-likeness (QED) is 0.849. The van der Waals surface area contributed by atoms with E-state index in [4.69, 9.17) is 4.74 Å². The minimum atomic E-state index is -0.509. The molecule has 1 aliphatic heterocycles. The van der Waals surface area contributed by atoms with Gasteiger partial charge in [0.25, 0.3) is 0 Å². The summed E-state index contributed by atoms with van der Waals surface area (Å²) in [6, 6.07) is 4.27. The number of hydrogen-bond donors (Lipinski definition) is 1. The summed E-state index contributed by atoms with van der Waals surface area (Å²) >= 11 is 0. The van der Waals surface area contributed by atoms with E-state index >= 15 is 0 Å². The topological polar surface area (TPSA) is 45.6 Å². The summed E-state index contributed by atoms with van der Waals surface area (Å²) in [5.74, 6) is 0. The predicted octanol–water partition coefficient (Wildman–Crippen LogP) is 1.75. The molecule has 2 heterocycles. The molecule has 0 saturated carbocycles. The Balaban J connectivity index is 2.15. The summed E-state index contributed by atoms with van der Waals surface area (Å²) in [6.45, 7) is 7.59. The average Bonchev–Trinajstić information content (AvgIpc) is 2.32. The van der Waals surface area contributed by atoms with E-state index in [9.17, 15) is 5.11 Å². The maximum atomic E-state index is 9.42. The molecule has 0 bridgehead atoms. The lowest BCUT2D eigenvalue weighted by Crippen LogP contribution is -2.47. The zero-order valence-corrected chi connectivity index (χ0v) is 10.6. The molecule has 3 atom stereocenters. The van der Waals surface area contributed by atoms with Crippen molar-refractivity contribution in [2.75, 3.05) is 18.1 Å². The lowest BCUT2D eigenvalue weighted by atomic mass is 10.1. The molecule has 4 nitrogen and oxygen atoms in total. The predicted molar refractivity (Wildman–Crippen MR) is 67.1 cm³/mol. The summed E-state index contributed by atoms with van der Waals surface area (Å²) in [5, 5.41) is 9.42. The molecule has 1 N–H and O–H groups in total. The highest BCUT2D eigenvalue weighted by Crippen LogP contribution is 2.22. The van der Waals surface area contributed by atoms with Gasteiger partial charge in [-0.2, -0.15) is 0 Å². The van der Waals surface area contributed by atoms with Gasteiger partial charge in [0.15, 0.2) is 0 Å². The van der Waals surface area contributed by atoms with Gasteiger partial charge in [-0.05, 0) is 32.9 Å². The number of nitrogens with zero attached hydrogens (tertiary/aromatic N) is 2. The van der Waals surface area contributed by atoms with E-state index in [1.165, 1.54) is 0 Å². The van der Waals surface area contributed by atoms with Gasteiger partial charge >= 0.3 is 0 Å². The largest absolute Gasteiger partial charge is 0.387 e. The van der Waals surface area contributed by atoms with E-state index in [0.29, 0.717) is 11.7 Å². The van der Waals surface area contributed by atoms with Crippen molar-refractivity contribution in [1.82, 2.24) is 4.98 Å². The highest BCUT2D eigenvalue weighted by atomic mass is 16.5. The number of ether oxygens (including phenoxy) is 1. The SMILES string of the molecule is CC1CN(c2ccc([C@H](C)O)nc2)C(C)CO1. The molecule has 1 aromatic rings. The average molecular weight is 236 g/mol. The minimum absolute atomic E-state index is 0.252. The third kappa shape index (κ3) is 2.76. The van der Waals surface area contributed by atoms with Gasteiger partial charge in [0.2, 0.25) is 0 Å². The first kappa shape index (κ1) is 12.3. The van der Waals surface area contributed by atoms with Gasteiger partial charge < -0.3 is 14.7 Å². The van der Waals surface area contributed by atoms with Gasteiger partial charge in [-0.15, -0.1) is 0 Å². The Labute approximate surface area is 102 Å². The number of anilines is 1. The second kappa shape index (κ2) is 5.02. The van der Waals surface area contributed by atoms with E-state index in [0.717, 1.165) is 18.8 Å². The van der Waals surface area contributed by atoms with Gasteiger partial charge in [-0.1, -0.05) is 0 Å². The van der Waals surface area contributed by atoms with Crippen molar-refractivity contribution in [3.63, 3.8) is 0 Å². The van der Waals surface area contributed by atoms with Crippen LogP contribution in [-0.4, -0.2) is 35.4 Å². The second-order valence-corrected chi connectivity index (χ2v) is 4.76. The van der Waals surface area contributed by atoms with Crippen LogP contribution in [0.25, 0.3) is 0 Å². The van der Waals surface area contributed by atoms with Crippen LogP contribution >= 0.6 is 0 Å². The van der Waals surface area contributed by atoms with Crippen molar-refractivity contribution in [2.45, 2.75) is 39.0 Å². The van der Waals surface area contributed by atoms with Crippen LogP contribution in [0.5, 0.6) is 0 Å². The van der Waals surface area contributed by atoms with Gasteiger partial charge in [0.05, 0.1) is 36.4 Å². The summed E-state index contributed by atoms with van der Waals surface area (Å²) in [4.78, 5) is 6.58. The molecule has 2 rings (SSSR count). The van der Waals surface area contributed by atoms with Crippen LogP contribution in [0.4, 0.5) is 5.69 Å². The lowest BCUT2D eigenvalue weighted by molar-refractivity contribution is 0.0343. The molecule has 2 unspecified atom stereocenters. The van der Waals surface area contributed by atoms with E-state index < -0.39 is 6.10 Å². The molecule has 0 spiro atoms. The van der Waals surface area contributed by atoms with E-state index in [2.05, 4.69) is 23.7 Å². The van der Waals surface area contributed by atoms with Gasteiger partial charge in [-0.25, -0.2) is 0 Å². The van der Waals surface area contributed by atoms with Crippen LogP contribution in [0.1, 0.15) is 32.6 Å². The number of aliphatic hydroxyl groups excluding tert-OH is 1. The van der Waals surface area contributed by atoms with Gasteiger partial charge in [0.1, 0.15) is 0 Å². The Morgan fingerprint density at radius 3 is 2.82 bits per heavy atom. The second-order valence-electron chi connectivity index (χ2n) is 4.76. The van der Waals surface area contributed by atoms with Crippen LogP contribution in [-0.2, 0) is 4.74 Å². The molecular weight excluding hydrogens is 216 g/mol. The molecule has 17 heavy (non-hydrogen) atoms. The van der Waals surface area contributed by atoms with Crippen molar-refractivity contribution >= 4 is 5.69 Å². The maximum Gasteiger partial charge on any atom is 0.0931 e. The van der Waals surface area contributed by atoms with E-state index in [-0.39, 0.29) is 6.10 Å². The Morgan fingerprint density at radius 1 is 1.47 bits per heavy atom. The molecule has 0 aliphatic carbocycles. The fraction of sp³-hybridized carbons (Fsp3) is 0.615. The Hall–Kier alpha value is -1.13. The number of morpholine rings is 1. The van der Waals surface area contributed by atoms with Gasteiger partial charge in [-0.3, -0.25) is 4.98 Å². The highest BCUT2D eigenvalue weighted by molar-refractivity contribution is 5.46. The third-order valence-electron chi connectivity index (χ3n) is 3.14. The highest BCUT2D eigenvalue weighted by Gasteiger charge is 2.23. The number of pyridine rings is 1. The molecule has 1 saturated heterocycles. The first-order chi connectivity index (χ1) is 8.08. The van der Waals surface area contributed by atoms with Crippen LogP contribution in [0.15, 0.2) is 18.3 Å². The van der Waals surface area contributed by atoms with Crippen LogP contribution in [0.2, 0.25) is 0 Å². The summed E-state index contributed by atoms with van der Waals surface area (Å²) in [7, 11) is 0. The smallest absolute Gasteiger partial charge is 0.0931 e. The van der Waals surface area contributed by atoms with E-state index in [1.807, 2.05) is 18.3 Å². The minimum Gasteiger partial charge on any atom is -0.387 e. The fourth-order valence-electron chi connectivity index (χ4n) is 2.08. The van der Waals surface area contributed by atoms with Crippen LogP contribution in [0, 0.1) is 0 Å². The van der Waals surface area contributed by atoms with Crippen molar-refractivity contribution in [3.8, 4) is 0 Å². The first-order valence-corrected chi connectivity index (χ1v) is 6.10. The zero-order chi connectivity index (χ0) is 12.4. The standard InChI is InChI=1S/C13H20N2O2/c1-9-8-17-10(2)7-15(9)12-4-5-13(11(3)16)14-6-12/h4-6,9-11,16H,7-8H2,1-3H3/t9?,10?,11-/m0/s1. The summed E-state index contributed by atoms with van der Waals surface area (Å²) < 4.78 is 5.60. The molecule has 1 aliphatic rings. The van der Waals surface area contributed by atoms with Crippen molar-refractivity contribution in [1.29, 1.82) is 0 Å². The zero-order valence-electron chi connectivity index (χ0n) is 10.6. The van der Waals surface area contributed by atoms with Gasteiger partial charge in [0, 0.05) is 12.6 Å². The molecule has 4 heteroatoms. The fourth-order valence-corrected chi connectivity index (χ4v) is 2.08. The molecule has 0 aromatic carbocycles. The summed E-state index contributed by atoms with van der Waals surface area (Å²) in [6.07, 6.45) is 1.57.